The van der Waals surface area contributed by atoms with E-state index < -0.39 is 0 Å². The van der Waals surface area contributed by atoms with Gasteiger partial charge < -0.3 is 10.2 Å². The molecule has 0 aromatic heterocycles. The number of hydrogen-bond acceptors (Lipinski definition) is 3. The van der Waals surface area contributed by atoms with E-state index in [0.29, 0.717) is 0 Å². The molecule has 0 unspecified atom stereocenters. The van der Waals surface area contributed by atoms with Crippen LogP contribution in [-0.2, 0) is 4.79 Å². The Balaban J connectivity index is 1.62. The van der Waals surface area contributed by atoms with Crippen LogP contribution in [0, 0.1) is 0 Å². The first-order valence-electron chi connectivity index (χ1n) is 8.47. The van der Waals surface area contributed by atoms with Crippen molar-refractivity contribution in [1.29, 1.82) is 0 Å². The van der Waals surface area contributed by atoms with Gasteiger partial charge >= 0.3 is 0 Å². The van der Waals surface area contributed by atoms with Gasteiger partial charge in [-0.3, -0.25) is 9.79 Å². The van der Waals surface area contributed by atoms with E-state index in [2.05, 4.69) is 39.5 Å². The molecule has 2 aromatic carbocycles. The van der Waals surface area contributed by atoms with E-state index in [0.717, 1.165) is 30.0 Å². The fourth-order valence-electron chi connectivity index (χ4n) is 2.91. The smallest absolute Gasteiger partial charge is 0.221 e. The number of anilines is 2. The molecule has 1 saturated heterocycles. The maximum atomic E-state index is 11.0. The van der Waals surface area contributed by atoms with Crippen molar-refractivity contribution in [2.75, 3.05) is 23.3 Å². The summed E-state index contributed by atoms with van der Waals surface area (Å²) in [6.45, 7) is 3.82. The molecule has 0 spiro atoms. The number of nitrogens with one attached hydrogen (secondary N) is 1. The SMILES string of the molecule is CC(=O)Nc1ccc(N=Cc2ccc(N3CCCCC3)cc2)cc1. The number of rotatable bonds is 4. The lowest BCUT2D eigenvalue weighted by molar-refractivity contribution is -0.114. The van der Waals surface area contributed by atoms with Crippen molar-refractivity contribution in [3.63, 3.8) is 0 Å². The first-order chi connectivity index (χ1) is 11.7. The average molecular weight is 321 g/mol. The van der Waals surface area contributed by atoms with Crippen LogP contribution in [0.15, 0.2) is 53.5 Å². The molecule has 1 aliphatic rings. The molecule has 4 nitrogen and oxygen atoms in total. The first-order valence-corrected chi connectivity index (χ1v) is 8.47. The van der Waals surface area contributed by atoms with Crippen molar-refractivity contribution in [3.05, 3.63) is 54.1 Å². The average Bonchev–Trinajstić information content (AvgIpc) is 2.62. The molecule has 24 heavy (non-hydrogen) atoms. The number of aliphatic imine (C=N–C) groups is 1. The fraction of sp³-hybridized carbons (Fsp3) is 0.300. The van der Waals surface area contributed by atoms with Gasteiger partial charge in [0, 0.05) is 37.6 Å². The highest BCUT2D eigenvalue weighted by molar-refractivity contribution is 5.89. The third kappa shape index (κ3) is 4.44. The molecule has 1 N–H and O–H groups in total. The van der Waals surface area contributed by atoms with Gasteiger partial charge in [-0.1, -0.05) is 12.1 Å². The van der Waals surface area contributed by atoms with Crippen LogP contribution in [0.4, 0.5) is 17.1 Å². The van der Waals surface area contributed by atoms with Crippen molar-refractivity contribution < 1.29 is 4.79 Å². The molecule has 0 atom stereocenters. The molecule has 4 heteroatoms. The molecule has 124 valence electrons. The Kier molecular flexibility index (Phi) is 5.26. The highest BCUT2D eigenvalue weighted by atomic mass is 16.1. The summed E-state index contributed by atoms with van der Waals surface area (Å²) in [5.41, 5.74) is 4.03. The highest BCUT2D eigenvalue weighted by Gasteiger charge is 2.10. The number of piperidine rings is 1. The van der Waals surface area contributed by atoms with E-state index in [4.69, 9.17) is 0 Å². The van der Waals surface area contributed by atoms with Gasteiger partial charge in [-0.25, -0.2) is 0 Å². The minimum Gasteiger partial charge on any atom is -0.372 e. The molecule has 2 aromatic rings. The van der Waals surface area contributed by atoms with Gasteiger partial charge in [0.25, 0.3) is 0 Å². The monoisotopic (exact) mass is 321 g/mol. The normalized spacial score (nSPS) is 14.8. The Morgan fingerprint density at radius 3 is 2.29 bits per heavy atom. The van der Waals surface area contributed by atoms with Gasteiger partial charge in [0.2, 0.25) is 5.91 Å². The van der Waals surface area contributed by atoms with E-state index in [-0.39, 0.29) is 5.91 Å². The number of hydrogen-bond donors (Lipinski definition) is 1. The van der Waals surface area contributed by atoms with E-state index >= 15 is 0 Å². The summed E-state index contributed by atoms with van der Waals surface area (Å²) in [6, 6.07) is 16.1. The quantitative estimate of drug-likeness (QED) is 0.849. The third-order valence-corrected chi connectivity index (χ3v) is 4.16. The van der Waals surface area contributed by atoms with Crippen molar-refractivity contribution in [2.45, 2.75) is 26.2 Å². The third-order valence-electron chi connectivity index (χ3n) is 4.16. The van der Waals surface area contributed by atoms with Crippen molar-refractivity contribution in [3.8, 4) is 0 Å². The van der Waals surface area contributed by atoms with Gasteiger partial charge in [0.1, 0.15) is 0 Å². The molecule has 0 saturated carbocycles. The second-order valence-corrected chi connectivity index (χ2v) is 6.13. The second kappa shape index (κ2) is 7.77. The van der Waals surface area contributed by atoms with Crippen molar-refractivity contribution in [2.24, 2.45) is 4.99 Å². The number of amides is 1. The first kappa shape index (κ1) is 16.2. The summed E-state index contributed by atoms with van der Waals surface area (Å²) in [5.74, 6) is -0.0694. The Bertz CT molecular complexity index is 699. The largest absolute Gasteiger partial charge is 0.372 e. The topological polar surface area (TPSA) is 44.7 Å². The van der Waals surface area contributed by atoms with Crippen LogP contribution >= 0.6 is 0 Å². The molecule has 3 rings (SSSR count). The fourth-order valence-corrected chi connectivity index (χ4v) is 2.91. The maximum absolute atomic E-state index is 11.0. The minimum atomic E-state index is -0.0694. The predicted molar refractivity (Wildman–Crippen MR) is 101 cm³/mol. The summed E-state index contributed by atoms with van der Waals surface area (Å²) >= 11 is 0. The number of carbonyl (C=O) groups is 1. The summed E-state index contributed by atoms with van der Waals surface area (Å²) in [6.07, 6.45) is 5.80. The van der Waals surface area contributed by atoms with Gasteiger partial charge in [0.15, 0.2) is 0 Å². The van der Waals surface area contributed by atoms with Gasteiger partial charge in [-0.2, -0.15) is 0 Å². The van der Waals surface area contributed by atoms with Gasteiger partial charge in [-0.05, 0) is 61.2 Å². The molecule has 1 fully saturated rings. The Morgan fingerprint density at radius 2 is 1.67 bits per heavy atom. The summed E-state index contributed by atoms with van der Waals surface area (Å²) in [4.78, 5) is 17.9. The molecule has 1 heterocycles. The zero-order valence-corrected chi connectivity index (χ0v) is 14.0. The predicted octanol–water partition coefficient (Wildman–Crippen LogP) is 4.39. The lowest BCUT2D eigenvalue weighted by atomic mass is 10.1. The van der Waals surface area contributed by atoms with E-state index in [1.165, 1.54) is 31.9 Å². The molecule has 0 radical (unpaired) electrons. The van der Waals surface area contributed by atoms with Crippen LogP contribution in [0.2, 0.25) is 0 Å². The lowest BCUT2D eigenvalue weighted by Gasteiger charge is -2.28. The Labute approximate surface area is 143 Å². The minimum absolute atomic E-state index is 0.0694. The molecular formula is C20H23N3O. The van der Waals surface area contributed by atoms with E-state index in [9.17, 15) is 4.79 Å². The van der Waals surface area contributed by atoms with Crippen molar-refractivity contribution >= 4 is 29.2 Å². The summed E-state index contributed by atoms with van der Waals surface area (Å²) < 4.78 is 0. The molecule has 0 aliphatic carbocycles. The van der Waals surface area contributed by atoms with Gasteiger partial charge in [-0.15, -0.1) is 0 Å². The lowest BCUT2D eigenvalue weighted by Crippen LogP contribution is -2.29. The van der Waals surface area contributed by atoms with Crippen LogP contribution in [0.25, 0.3) is 0 Å². The molecule has 1 aliphatic heterocycles. The van der Waals surface area contributed by atoms with E-state index in [1.54, 1.807) is 0 Å². The molecule has 1 amide bonds. The standard InChI is InChI=1S/C20H23N3O/c1-16(24)22-19-9-7-18(8-10-19)21-15-17-5-11-20(12-6-17)23-13-3-2-4-14-23/h5-12,15H,2-4,13-14H2,1H3,(H,22,24). The zero-order chi connectivity index (χ0) is 16.8. The van der Waals surface area contributed by atoms with Crippen LogP contribution in [0.1, 0.15) is 31.7 Å². The summed E-state index contributed by atoms with van der Waals surface area (Å²) in [5, 5.41) is 2.75. The van der Waals surface area contributed by atoms with Crippen LogP contribution in [0.3, 0.4) is 0 Å². The Hall–Kier alpha value is -2.62. The van der Waals surface area contributed by atoms with Crippen molar-refractivity contribution in [1.82, 2.24) is 0 Å². The second-order valence-electron chi connectivity index (χ2n) is 6.13. The molecule has 0 bridgehead atoms. The summed E-state index contributed by atoms with van der Waals surface area (Å²) in [7, 11) is 0. The number of nitrogens with zero attached hydrogens (tertiary/aromatic N) is 2. The zero-order valence-electron chi connectivity index (χ0n) is 14.0. The molecular weight excluding hydrogens is 298 g/mol. The van der Waals surface area contributed by atoms with E-state index in [1.807, 2.05) is 30.5 Å². The van der Waals surface area contributed by atoms with Crippen LogP contribution in [-0.4, -0.2) is 25.2 Å². The highest BCUT2D eigenvalue weighted by Crippen LogP contribution is 2.20. The van der Waals surface area contributed by atoms with Gasteiger partial charge in [0.05, 0.1) is 5.69 Å². The van der Waals surface area contributed by atoms with Crippen LogP contribution in [0.5, 0.6) is 0 Å². The number of carbonyl (C=O) groups excluding carboxylic acids is 1. The maximum Gasteiger partial charge on any atom is 0.221 e. The van der Waals surface area contributed by atoms with Crippen LogP contribution < -0.4 is 10.2 Å². The Morgan fingerprint density at radius 1 is 1.00 bits per heavy atom. The number of benzene rings is 2.